The Morgan fingerprint density at radius 1 is 1.27 bits per heavy atom. The summed E-state index contributed by atoms with van der Waals surface area (Å²) in [4.78, 5) is 16.4. The van der Waals surface area contributed by atoms with E-state index in [9.17, 15) is 4.79 Å². The fourth-order valence-electron chi connectivity index (χ4n) is 1.81. The first-order valence-corrected chi connectivity index (χ1v) is 8.56. The van der Waals surface area contributed by atoms with Crippen molar-refractivity contribution in [3.8, 4) is 0 Å². The van der Waals surface area contributed by atoms with Crippen molar-refractivity contribution in [1.82, 2.24) is 15.6 Å². The number of carbonyl (C=O) groups excluding carboxylic acids is 1. The molecule has 0 aliphatic heterocycles. The van der Waals surface area contributed by atoms with Crippen molar-refractivity contribution in [2.75, 3.05) is 6.54 Å². The molecule has 0 bridgehead atoms. The zero-order valence-corrected chi connectivity index (χ0v) is 14.5. The lowest BCUT2D eigenvalue weighted by atomic mass is 10.2. The van der Waals surface area contributed by atoms with Crippen LogP contribution in [0, 0.1) is 0 Å². The molecule has 22 heavy (non-hydrogen) atoms. The SMILES string of the molecule is CCNCc1csc(CC(=O)NCc2ccc(Cl)c(Cl)c2)n1. The molecule has 0 aliphatic carbocycles. The van der Waals surface area contributed by atoms with Crippen LogP contribution in [0.4, 0.5) is 0 Å². The topological polar surface area (TPSA) is 54.0 Å². The largest absolute Gasteiger partial charge is 0.352 e. The van der Waals surface area contributed by atoms with E-state index in [1.807, 2.05) is 18.4 Å². The van der Waals surface area contributed by atoms with Crippen molar-refractivity contribution < 1.29 is 4.79 Å². The van der Waals surface area contributed by atoms with Gasteiger partial charge in [0.05, 0.1) is 22.2 Å². The number of nitrogens with zero attached hydrogens (tertiary/aromatic N) is 1. The van der Waals surface area contributed by atoms with E-state index in [1.54, 1.807) is 12.1 Å². The number of nitrogens with one attached hydrogen (secondary N) is 2. The van der Waals surface area contributed by atoms with E-state index < -0.39 is 0 Å². The highest BCUT2D eigenvalue weighted by Gasteiger charge is 2.08. The van der Waals surface area contributed by atoms with Crippen molar-refractivity contribution in [3.63, 3.8) is 0 Å². The molecule has 0 radical (unpaired) electrons. The van der Waals surface area contributed by atoms with E-state index in [2.05, 4.69) is 15.6 Å². The maximum absolute atomic E-state index is 11.9. The normalized spacial score (nSPS) is 10.7. The minimum atomic E-state index is -0.0598. The Morgan fingerprint density at radius 3 is 2.82 bits per heavy atom. The van der Waals surface area contributed by atoms with E-state index in [4.69, 9.17) is 23.2 Å². The third-order valence-electron chi connectivity index (χ3n) is 2.94. The zero-order chi connectivity index (χ0) is 15.9. The van der Waals surface area contributed by atoms with E-state index in [1.165, 1.54) is 11.3 Å². The maximum atomic E-state index is 11.9. The summed E-state index contributed by atoms with van der Waals surface area (Å²) in [5, 5.41) is 9.85. The highest BCUT2D eigenvalue weighted by Crippen LogP contribution is 2.22. The minimum Gasteiger partial charge on any atom is -0.352 e. The summed E-state index contributed by atoms with van der Waals surface area (Å²) < 4.78 is 0. The van der Waals surface area contributed by atoms with Gasteiger partial charge in [0.25, 0.3) is 0 Å². The molecule has 4 nitrogen and oxygen atoms in total. The van der Waals surface area contributed by atoms with Crippen LogP contribution in [0.25, 0.3) is 0 Å². The third-order valence-corrected chi connectivity index (χ3v) is 4.58. The first-order valence-electron chi connectivity index (χ1n) is 6.93. The monoisotopic (exact) mass is 357 g/mol. The molecule has 0 aliphatic rings. The lowest BCUT2D eigenvalue weighted by Crippen LogP contribution is -2.24. The van der Waals surface area contributed by atoms with Crippen LogP contribution in [0.3, 0.4) is 0 Å². The summed E-state index contributed by atoms with van der Waals surface area (Å²) in [5.41, 5.74) is 1.88. The number of thiazole rings is 1. The third kappa shape index (κ3) is 5.25. The molecule has 0 atom stereocenters. The Kier molecular flexibility index (Phi) is 6.64. The Hall–Kier alpha value is -1.14. The fourth-order valence-corrected chi connectivity index (χ4v) is 2.93. The van der Waals surface area contributed by atoms with Crippen LogP contribution in [-0.2, 0) is 24.3 Å². The van der Waals surface area contributed by atoms with Gasteiger partial charge in [0.1, 0.15) is 5.01 Å². The summed E-state index contributed by atoms with van der Waals surface area (Å²) in [7, 11) is 0. The standard InChI is InChI=1S/C15H17Cl2N3OS/c1-2-18-8-11-9-22-15(20-11)6-14(21)19-7-10-3-4-12(16)13(17)5-10/h3-5,9,18H,2,6-8H2,1H3,(H,19,21). The number of carbonyl (C=O) groups is 1. The van der Waals surface area contributed by atoms with Crippen molar-refractivity contribution in [2.24, 2.45) is 0 Å². The van der Waals surface area contributed by atoms with Gasteiger partial charge >= 0.3 is 0 Å². The second-order valence-electron chi connectivity index (χ2n) is 4.71. The van der Waals surface area contributed by atoms with E-state index in [-0.39, 0.29) is 12.3 Å². The average Bonchev–Trinajstić information content (AvgIpc) is 2.94. The smallest absolute Gasteiger partial charge is 0.227 e. The molecule has 0 unspecified atom stereocenters. The molecule has 1 heterocycles. The Labute approximate surface area is 143 Å². The van der Waals surface area contributed by atoms with Crippen LogP contribution < -0.4 is 10.6 Å². The van der Waals surface area contributed by atoms with Gasteiger partial charge in [0.15, 0.2) is 0 Å². The molecule has 0 spiro atoms. The maximum Gasteiger partial charge on any atom is 0.227 e. The predicted octanol–water partition coefficient (Wildman–Crippen LogP) is 3.42. The second-order valence-corrected chi connectivity index (χ2v) is 6.47. The number of amides is 1. The van der Waals surface area contributed by atoms with Gasteiger partial charge in [-0.2, -0.15) is 0 Å². The highest BCUT2D eigenvalue weighted by atomic mass is 35.5. The molecule has 1 aromatic heterocycles. The van der Waals surface area contributed by atoms with Crippen LogP contribution in [0.2, 0.25) is 10.0 Å². The number of aromatic nitrogens is 1. The van der Waals surface area contributed by atoms with Crippen molar-refractivity contribution in [2.45, 2.75) is 26.4 Å². The summed E-state index contributed by atoms with van der Waals surface area (Å²) in [5.74, 6) is -0.0598. The van der Waals surface area contributed by atoms with Gasteiger partial charge in [0.2, 0.25) is 5.91 Å². The molecule has 7 heteroatoms. The molecule has 0 fully saturated rings. The minimum absolute atomic E-state index is 0.0598. The lowest BCUT2D eigenvalue weighted by molar-refractivity contribution is -0.120. The quantitative estimate of drug-likeness (QED) is 0.798. The Bertz CT molecular complexity index is 645. The Morgan fingerprint density at radius 2 is 2.09 bits per heavy atom. The summed E-state index contributed by atoms with van der Waals surface area (Å²) >= 11 is 13.3. The van der Waals surface area contributed by atoms with Crippen LogP contribution >= 0.6 is 34.5 Å². The van der Waals surface area contributed by atoms with Crippen molar-refractivity contribution >= 4 is 40.4 Å². The molecule has 2 aromatic rings. The molecule has 2 N–H and O–H groups in total. The van der Waals surface area contributed by atoms with E-state index in [0.717, 1.165) is 29.4 Å². The fraction of sp³-hybridized carbons (Fsp3) is 0.333. The predicted molar refractivity (Wildman–Crippen MR) is 91.5 cm³/mol. The van der Waals surface area contributed by atoms with E-state index in [0.29, 0.717) is 16.6 Å². The van der Waals surface area contributed by atoms with Gasteiger partial charge in [-0.15, -0.1) is 11.3 Å². The van der Waals surface area contributed by atoms with Gasteiger partial charge < -0.3 is 10.6 Å². The van der Waals surface area contributed by atoms with E-state index >= 15 is 0 Å². The van der Waals surface area contributed by atoms with Gasteiger partial charge in [-0.3, -0.25) is 4.79 Å². The van der Waals surface area contributed by atoms with Gasteiger partial charge in [-0.25, -0.2) is 4.98 Å². The number of hydrogen-bond donors (Lipinski definition) is 2. The van der Waals surface area contributed by atoms with Crippen LogP contribution in [0.1, 0.15) is 23.2 Å². The summed E-state index contributed by atoms with van der Waals surface area (Å²) in [6.45, 7) is 4.10. The van der Waals surface area contributed by atoms with Crippen LogP contribution in [0.15, 0.2) is 23.6 Å². The average molecular weight is 358 g/mol. The Balaban J connectivity index is 1.82. The molecular formula is C15H17Cl2N3OS. The number of hydrogen-bond acceptors (Lipinski definition) is 4. The van der Waals surface area contributed by atoms with Gasteiger partial charge in [-0.1, -0.05) is 36.2 Å². The first kappa shape index (κ1) is 17.2. The molecule has 0 saturated heterocycles. The number of halogens is 2. The summed E-state index contributed by atoms with van der Waals surface area (Å²) in [6.07, 6.45) is 0.290. The molecule has 2 rings (SSSR count). The summed E-state index contributed by atoms with van der Waals surface area (Å²) in [6, 6.07) is 5.31. The molecule has 0 saturated carbocycles. The van der Waals surface area contributed by atoms with Crippen molar-refractivity contribution in [3.05, 3.63) is 49.9 Å². The van der Waals surface area contributed by atoms with Crippen LogP contribution in [0.5, 0.6) is 0 Å². The second kappa shape index (κ2) is 8.48. The first-order chi connectivity index (χ1) is 10.6. The number of benzene rings is 1. The molecular weight excluding hydrogens is 341 g/mol. The van der Waals surface area contributed by atoms with Crippen molar-refractivity contribution in [1.29, 1.82) is 0 Å². The lowest BCUT2D eigenvalue weighted by Gasteiger charge is -2.05. The highest BCUT2D eigenvalue weighted by molar-refractivity contribution is 7.09. The van der Waals surface area contributed by atoms with Crippen LogP contribution in [-0.4, -0.2) is 17.4 Å². The van der Waals surface area contributed by atoms with Gasteiger partial charge in [-0.05, 0) is 24.2 Å². The van der Waals surface area contributed by atoms with Gasteiger partial charge in [0, 0.05) is 18.5 Å². The molecule has 1 aromatic carbocycles. The number of rotatable bonds is 7. The molecule has 1 amide bonds. The molecule has 118 valence electrons. The zero-order valence-electron chi connectivity index (χ0n) is 12.2.